The van der Waals surface area contributed by atoms with Gasteiger partial charge in [-0.2, -0.15) is 5.26 Å². The first-order valence-electron chi connectivity index (χ1n) is 7.99. The van der Waals surface area contributed by atoms with Crippen LogP contribution in [0.15, 0.2) is 34.1 Å². The highest BCUT2D eigenvalue weighted by atomic mass is 32.2. The number of sulfone groups is 1. The van der Waals surface area contributed by atoms with Crippen LogP contribution in [-0.2, 0) is 14.6 Å². The summed E-state index contributed by atoms with van der Waals surface area (Å²) in [6.45, 7) is -0.0368. The predicted molar refractivity (Wildman–Crippen MR) is 94.3 cm³/mol. The molecule has 2 atom stereocenters. The van der Waals surface area contributed by atoms with Crippen molar-refractivity contribution >= 4 is 27.5 Å². The van der Waals surface area contributed by atoms with Crippen molar-refractivity contribution in [1.29, 1.82) is 5.26 Å². The van der Waals surface area contributed by atoms with Crippen LogP contribution < -0.4 is 5.32 Å². The summed E-state index contributed by atoms with van der Waals surface area (Å²) in [5.74, 6) is -0.736. The summed E-state index contributed by atoms with van der Waals surface area (Å²) in [7, 11) is -3.43. The van der Waals surface area contributed by atoms with Gasteiger partial charge in [0.1, 0.15) is 6.54 Å². The molecule has 1 aromatic rings. The molecule has 1 N–H and O–H groups in total. The number of nitrogens with one attached hydrogen (secondary N) is 1. The Labute approximate surface area is 147 Å². The van der Waals surface area contributed by atoms with Gasteiger partial charge in [0, 0.05) is 10.8 Å². The van der Waals surface area contributed by atoms with E-state index in [2.05, 4.69) is 5.32 Å². The van der Waals surface area contributed by atoms with Gasteiger partial charge in [0.25, 0.3) is 0 Å². The van der Waals surface area contributed by atoms with Crippen LogP contribution in [0.5, 0.6) is 0 Å². The average Bonchev–Trinajstić information content (AvgIpc) is 2.60. The number of carbonyl (C=O) groups excluding carboxylic acids is 1. The fraction of sp³-hybridized carbons (Fsp3) is 0.529. The largest absolute Gasteiger partial charge is 0.343 e. The lowest BCUT2D eigenvalue weighted by Gasteiger charge is -2.30. The summed E-state index contributed by atoms with van der Waals surface area (Å²) in [4.78, 5) is 13.5. The van der Waals surface area contributed by atoms with Gasteiger partial charge in [-0.05, 0) is 49.3 Å². The molecule has 0 heterocycles. The lowest BCUT2D eigenvalue weighted by Crippen LogP contribution is -2.39. The number of amides is 1. The van der Waals surface area contributed by atoms with Crippen molar-refractivity contribution in [2.45, 2.75) is 35.5 Å². The minimum absolute atomic E-state index is 0.0176. The zero-order valence-corrected chi connectivity index (χ0v) is 15.3. The van der Waals surface area contributed by atoms with Gasteiger partial charge >= 0.3 is 0 Å². The third-order valence-electron chi connectivity index (χ3n) is 4.44. The highest BCUT2D eigenvalue weighted by molar-refractivity contribution is 7.98. The van der Waals surface area contributed by atoms with Crippen molar-refractivity contribution in [2.24, 2.45) is 11.8 Å². The van der Waals surface area contributed by atoms with E-state index in [-0.39, 0.29) is 30.0 Å². The third kappa shape index (κ3) is 4.74. The van der Waals surface area contributed by atoms with E-state index >= 15 is 0 Å². The molecule has 2 rings (SSSR count). The highest BCUT2D eigenvalue weighted by Gasteiger charge is 2.34. The monoisotopic (exact) mass is 366 g/mol. The normalized spacial score (nSPS) is 21.0. The summed E-state index contributed by atoms with van der Waals surface area (Å²) in [5, 5.41) is 11.2. The third-order valence-corrected chi connectivity index (χ3v) is 7.04. The van der Waals surface area contributed by atoms with E-state index in [0.717, 1.165) is 24.2 Å². The topological polar surface area (TPSA) is 87.0 Å². The molecule has 1 aliphatic carbocycles. The van der Waals surface area contributed by atoms with Gasteiger partial charge in [-0.15, -0.1) is 11.8 Å². The summed E-state index contributed by atoms with van der Waals surface area (Å²) < 4.78 is 25.4. The molecule has 0 bridgehead atoms. The van der Waals surface area contributed by atoms with Crippen LogP contribution in [0.1, 0.15) is 25.7 Å². The van der Waals surface area contributed by atoms with Crippen molar-refractivity contribution in [3.05, 3.63) is 24.3 Å². The Hall–Kier alpha value is -1.52. The molecule has 1 amide bonds. The molecule has 130 valence electrons. The molecule has 5 nitrogen and oxygen atoms in total. The predicted octanol–water partition coefficient (Wildman–Crippen LogP) is 2.63. The lowest BCUT2D eigenvalue weighted by molar-refractivity contribution is -0.127. The Bertz CT molecular complexity index is 708. The van der Waals surface area contributed by atoms with E-state index in [4.69, 9.17) is 5.26 Å². The summed E-state index contributed by atoms with van der Waals surface area (Å²) >= 11 is 1.56. The Morgan fingerprint density at radius 2 is 1.96 bits per heavy atom. The maximum absolute atomic E-state index is 12.7. The number of nitrogens with zero attached hydrogens (tertiary/aromatic N) is 1. The number of hydrogen-bond acceptors (Lipinski definition) is 5. The van der Waals surface area contributed by atoms with Crippen molar-refractivity contribution in [3.8, 4) is 6.07 Å². The SMILES string of the molecule is CSc1ccc(S(=O)(=O)CC2CCCCC2C(=O)NCC#N)cc1. The second kappa shape index (κ2) is 8.54. The number of thioether (sulfide) groups is 1. The molecule has 0 aromatic heterocycles. The Balaban J connectivity index is 2.13. The Morgan fingerprint density at radius 1 is 1.29 bits per heavy atom. The Morgan fingerprint density at radius 3 is 2.58 bits per heavy atom. The second-order valence-corrected chi connectivity index (χ2v) is 8.90. The van der Waals surface area contributed by atoms with Gasteiger partial charge in [0.2, 0.25) is 5.91 Å². The van der Waals surface area contributed by atoms with E-state index in [1.165, 1.54) is 0 Å². The fourth-order valence-electron chi connectivity index (χ4n) is 3.17. The fourth-order valence-corrected chi connectivity index (χ4v) is 5.29. The molecule has 2 unspecified atom stereocenters. The number of carbonyl (C=O) groups is 1. The van der Waals surface area contributed by atoms with Gasteiger partial charge in [-0.1, -0.05) is 12.8 Å². The maximum Gasteiger partial charge on any atom is 0.224 e. The van der Waals surface area contributed by atoms with Crippen LogP contribution in [-0.4, -0.2) is 32.9 Å². The standard InChI is InChI=1S/C17H22N2O3S2/c1-23-14-6-8-15(9-7-14)24(21,22)12-13-4-2-3-5-16(13)17(20)19-11-10-18/h6-9,13,16H,2-5,11-12H2,1H3,(H,19,20). The first-order chi connectivity index (χ1) is 11.5. The molecule has 0 saturated heterocycles. The van der Waals surface area contributed by atoms with Gasteiger partial charge in [-0.25, -0.2) is 8.42 Å². The first kappa shape index (κ1) is 18.8. The van der Waals surface area contributed by atoms with Crippen LogP contribution in [0.4, 0.5) is 0 Å². The zero-order valence-electron chi connectivity index (χ0n) is 13.7. The minimum Gasteiger partial charge on any atom is -0.343 e. The summed E-state index contributed by atoms with van der Waals surface area (Å²) in [6.07, 6.45) is 5.21. The van der Waals surface area contributed by atoms with E-state index in [1.54, 1.807) is 36.0 Å². The Kier molecular flexibility index (Phi) is 6.69. The summed E-state index contributed by atoms with van der Waals surface area (Å²) in [6, 6.07) is 8.75. The number of hydrogen-bond donors (Lipinski definition) is 1. The highest BCUT2D eigenvalue weighted by Crippen LogP contribution is 2.33. The van der Waals surface area contributed by atoms with Crippen LogP contribution >= 0.6 is 11.8 Å². The average molecular weight is 367 g/mol. The van der Waals surface area contributed by atoms with Crippen LogP contribution in [0, 0.1) is 23.2 Å². The molecule has 0 spiro atoms. The van der Waals surface area contributed by atoms with Crippen molar-refractivity contribution in [2.75, 3.05) is 18.6 Å². The van der Waals surface area contributed by atoms with E-state index in [0.29, 0.717) is 11.3 Å². The van der Waals surface area contributed by atoms with Crippen LogP contribution in [0.3, 0.4) is 0 Å². The van der Waals surface area contributed by atoms with Gasteiger partial charge < -0.3 is 5.32 Å². The van der Waals surface area contributed by atoms with Gasteiger partial charge in [-0.3, -0.25) is 4.79 Å². The van der Waals surface area contributed by atoms with Crippen molar-refractivity contribution < 1.29 is 13.2 Å². The zero-order chi connectivity index (χ0) is 17.6. The number of nitriles is 1. The van der Waals surface area contributed by atoms with E-state index in [9.17, 15) is 13.2 Å². The van der Waals surface area contributed by atoms with Crippen LogP contribution in [0.2, 0.25) is 0 Å². The molecule has 24 heavy (non-hydrogen) atoms. The van der Waals surface area contributed by atoms with Crippen LogP contribution in [0.25, 0.3) is 0 Å². The number of rotatable bonds is 6. The first-order valence-corrected chi connectivity index (χ1v) is 10.9. The molecule has 1 aliphatic rings. The molecule has 0 aliphatic heterocycles. The molecular weight excluding hydrogens is 344 g/mol. The minimum atomic E-state index is -3.43. The number of benzene rings is 1. The maximum atomic E-state index is 12.7. The molecule has 1 saturated carbocycles. The lowest BCUT2D eigenvalue weighted by atomic mass is 9.80. The molecule has 7 heteroatoms. The molecule has 0 radical (unpaired) electrons. The van der Waals surface area contributed by atoms with E-state index in [1.807, 2.05) is 12.3 Å². The molecule has 1 aromatic carbocycles. The van der Waals surface area contributed by atoms with Gasteiger partial charge in [0.05, 0.1) is 16.7 Å². The van der Waals surface area contributed by atoms with Gasteiger partial charge in [0.15, 0.2) is 9.84 Å². The summed E-state index contributed by atoms with van der Waals surface area (Å²) in [5.41, 5.74) is 0. The van der Waals surface area contributed by atoms with Crippen molar-refractivity contribution in [3.63, 3.8) is 0 Å². The van der Waals surface area contributed by atoms with E-state index < -0.39 is 9.84 Å². The van der Waals surface area contributed by atoms with Crippen molar-refractivity contribution in [1.82, 2.24) is 5.32 Å². The molecular formula is C17H22N2O3S2. The quantitative estimate of drug-likeness (QED) is 0.618. The second-order valence-electron chi connectivity index (χ2n) is 5.98. The smallest absolute Gasteiger partial charge is 0.224 e. The molecule has 1 fully saturated rings.